The highest BCUT2D eigenvalue weighted by Gasteiger charge is 2.19. The van der Waals surface area contributed by atoms with E-state index < -0.39 is 0 Å². The number of piperazine rings is 1. The summed E-state index contributed by atoms with van der Waals surface area (Å²) in [4.78, 5) is 17.8. The maximum atomic E-state index is 11.6. The van der Waals surface area contributed by atoms with Crippen molar-refractivity contribution < 1.29 is 4.79 Å². The van der Waals surface area contributed by atoms with Crippen molar-refractivity contribution in [1.29, 1.82) is 0 Å². The lowest BCUT2D eigenvalue weighted by Gasteiger charge is -2.27. The zero-order valence-corrected chi connectivity index (χ0v) is 9.57. The van der Waals surface area contributed by atoms with Gasteiger partial charge in [0.15, 0.2) is 0 Å². The van der Waals surface area contributed by atoms with E-state index in [0.29, 0.717) is 6.54 Å². The third-order valence-corrected chi connectivity index (χ3v) is 2.72. The van der Waals surface area contributed by atoms with Crippen molar-refractivity contribution in [3.8, 4) is 0 Å². The van der Waals surface area contributed by atoms with Gasteiger partial charge in [-0.1, -0.05) is 13.3 Å². The Morgan fingerprint density at radius 2 is 2.38 bits per heavy atom. The number of nitrogens with zero attached hydrogens (tertiary/aromatic N) is 2. The molecule has 0 aliphatic carbocycles. The van der Waals surface area contributed by atoms with Crippen LogP contribution in [0.15, 0.2) is 18.3 Å². The van der Waals surface area contributed by atoms with Crippen molar-refractivity contribution in [3.63, 3.8) is 0 Å². The smallest absolute Gasteiger partial charge is 0.241 e. The van der Waals surface area contributed by atoms with Crippen LogP contribution in [0.25, 0.3) is 0 Å². The van der Waals surface area contributed by atoms with Gasteiger partial charge < -0.3 is 10.2 Å². The number of amides is 1. The van der Waals surface area contributed by atoms with Gasteiger partial charge in [-0.25, -0.2) is 0 Å². The highest BCUT2D eigenvalue weighted by molar-refractivity contribution is 5.95. The summed E-state index contributed by atoms with van der Waals surface area (Å²) in [5.74, 6) is 0.122. The van der Waals surface area contributed by atoms with Crippen LogP contribution in [0.3, 0.4) is 0 Å². The van der Waals surface area contributed by atoms with E-state index in [-0.39, 0.29) is 5.91 Å². The quantitative estimate of drug-likeness (QED) is 0.824. The van der Waals surface area contributed by atoms with Gasteiger partial charge >= 0.3 is 0 Å². The number of nitrogens with one attached hydrogen (secondary N) is 1. The van der Waals surface area contributed by atoms with Crippen LogP contribution in [0.1, 0.15) is 19.0 Å². The molecule has 86 valence electrons. The van der Waals surface area contributed by atoms with E-state index in [1.165, 1.54) is 0 Å². The Balaban J connectivity index is 2.11. The zero-order valence-electron chi connectivity index (χ0n) is 9.57. The molecule has 0 radical (unpaired) electrons. The van der Waals surface area contributed by atoms with Crippen LogP contribution in [-0.2, 0) is 11.2 Å². The van der Waals surface area contributed by atoms with E-state index in [2.05, 4.69) is 17.2 Å². The lowest BCUT2D eigenvalue weighted by atomic mass is 10.2. The van der Waals surface area contributed by atoms with Gasteiger partial charge in [-0.15, -0.1) is 0 Å². The fourth-order valence-corrected chi connectivity index (χ4v) is 1.86. The molecule has 2 heterocycles. The van der Waals surface area contributed by atoms with E-state index in [4.69, 9.17) is 0 Å². The molecule has 0 aromatic carbocycles. The molecule has 4 heteroatoms. The second kappa shape index (κ2) is 5.07. The van der Waals surface area contributed by atoms with E-state index in [1.54, 1.807) is 11.1 Å². The molecule has 1 aliphatic rings. The SMILES string of the molecule is CCCc1ccc(N2CCNCC2=O)cn1. The summed E-state index contributed by atoms with van der Waals surface area (Å²) in [5, 5.41) is 3.05. The van der Waals surface area contributed by atoms with Gasteiger partial charge in [-0.3, -0.25) is 9.78 Å². The lowest BCUT2D eigenvalue weighted by Crippen LogP contribution is -2.48. The number of carbonyl (C=O) groups is 1. The number of anilines is 1. The summed E-state index contributed by atoms with van der Waals surface area (Å²) in [6.07, 6.45) is 3.89. The number of pyridine rings is 1. The molecule has 1 aromatic heterocycles. The molecule has 1 saturated heterocycles. The van der Waals surface area contributed by atoms with Gasteiger partial charge in [0.05, 0.1) is 18.4 Å². The summed E-state index contributed by atoms with van der Waals surface area (Å²) >= 11 is 0. The number of carbonyl (C=O) groups excluding carboxylic acids is 1. The van der Waals surface area contributed by atoms with Crippen molar-refractivity contribution in [1.82, 2.24) is 10.3 Å². The second-order valence-corrected chi connectivity index (χ2v) is 3.98. The molecule has 16 heavy (non-hydrogen) atoms. The van der Waals surface area contributed by atoms with Crippen LogP contribution < -0.4 is 10.2 Å². The van der Waals surface area contributed by atoms with E-state index >= 15 is 0 Å². The molecule has 1 N–H and O–H groups in total. The minimum Gasteiger partial charge on any atom is -0.309 e. The minimum atomic E-state index is 0.122. The molecule has 1 aromatic rings. The molecule has 0 atom stereocenters. The molecule has 0 spiro atoms. The Bertz CT molecular complexity index is 361. The number of hydrogen-bond acceptors (Lipinski definition) is 3. The largest absolute Gasteiger partial charge is 0.309 e. The molecule has 0 bridgehead atoms. The van der Waals surface area contributed by atoms with E-state index in [1.807, 2.05) is 12.1 Å². The van der Waals surface area contributed by atoms with Gasteiger partial charge in [0.25, 0.3) is 0 Å². The average molecular weight is 219 g/mol. The fraction of sp³-hybridized carbons (Fsp3) is 0.500. The molecular formula is C12H17N3O. The standard InChI is InChI=1S/C12H17N3O/c1-2-3-10-4-5-11(8-14-10)15-7-6-13-9-12(15)16/h4-5,8,13H,2-3,6-7,9H2,1H3. The first-order chi connectivity index (χ1) is 7.81. The van der Waals surface area contributed by atoms with Gasteiger partial charge in [-0.05, 0) is 18.6 Å². The molecule has 1 aliphatic heterocycles. The maximum absolute atomic E-state index is 11.6. The summed E-state index contributed by atoms with van der Waals surface area (Å²) in [7, 11) is 0. The molecular weight excluding hydrogens is 202 g/mol. The first-order valence-electron chi connectivity index (χ1n) is 5.77. The minimum absolute atomic E-state index is 0.122. The predicted octanol–water partition coefficient (Wildman–Crippen LogP) is 0.970. The van der Waals surface area contributed by atoms with Crippen molar-refractivity contribution >= 4 is 11.6 Å². The Hall–Kier alpha value is -1.42. The highest BCUT2D eigenvalue weighted by Crippen LogP contribution is 2.14. The van der Waals surface area contributed by atoms with Crippen LogP contribution in [0.5, 0.6) is 0 Å². The third kappa shape index (κ3) is 2.39. The molecule has 4 nitrogen and oxygen atoms in total. The average Bonchev–Trinajstić information content (AvgIpc) is 2.31. The van der Waals surface area contributed by atoms with Crippen molar-refractivity contribution in [2.75, 3.05) is 24.5 Å². The Morgan fingerprint density at radius 3 is 3.00 bits per heavy atom. The number of aromatic nitrogens is 1. The van der Waals surface area contributed by atoms with E-state index in [9.17, 15) is 4.79 Å². The number of hydrogen-bond donors (Lipinski definition) is 1. The first kappa shape index (κ1) is 11.1. The van der Waals surface area contributed by atoms with Crippen LogP contribution >= 0.6 is 0 Å². The Kier molecular flexibility index (Phi) is 3.51. The van der Waals surface area contributed by atoms with Crippen LogP contribution in [-0.4, -0.2) is 30.5 Å². The Morgan fingerprint density at radius 1 is 1.50 bits per heavy atom. The topological polar surface area (TPSA) is 45.2 Å². The lowest BCUT2D eigenvalue weighted by molar-refractivity contribution is -0.118. The van der Waals surface area contributed by atoms with Crippen LogP contribution in [0.4, 0.5) is 5.69 Å². The van der Waals surface area contributed by atoms with Crippen LogP contribution in [0, 0.1) is 0 Å². The summed E-state index contributed by atoms with van der Waals surface area (Å²) in [6, 6.07) is 4.00. The summed E-state index contributed by atoms with van der Waals surface area (Å²) in [6.45, 7) is 4.14. The predicted molar refractivity (Wildman–Crippen MR) is 63.5 cm³/mol. The second-order valence-electron chi connectivity index (χ2n) is 3.98. The van der Waals surface area contributed by atoms with E-state index in [0.717, 1.165) is 37.3 Å². The fourth-order valence-electron chi connectivity index (χ4n) is 1.86. The van der Waals surface area contributed by atoms with Crippen molar-refractivity contribution in [3.05, 3.63) is 24.0 Å². The molecule has 0 unspecified atom stereocenters. The third-order valence-electron chi connectivity index (χ3n) is 2.72. The monoisotopic (exact) mass is 219 g/mol. The van der Waals surface area contributed by atoms with Crippen LogP contribution in [0.2, 0.25) is 0 Å². The summed E-state index contributed by atoms with van der Waals surface area (Å²) < 4.78 is 0. The molecule has 1 fully saturated rings. The molecule has 1 amide bonds. The number of rotatable bonds is 3. The van der Waals surface area contributed by atoms with Gasteiger partial charge in [0.1, 0.15) is 0 Å². The first-order valence-corrected chi connectivity index (χ1v) is 5.77. The normalized spacial score (nSPS) is 16.6. The van der Waals surface area contributed by atoms with Gasteiger partial charge in [0.2, 0.25) is 5.91 Å². The Labute approximate surface area is 95.7 Å². The maximum Gasteiger partial charge on any atom is 0.241 e. The van der Waals surface area contributed by atoms with Gasteiger partial charge in [0, 0.05) is 18.8 Å². The zero-order chi connectivity index (χ0) is 11.4. The molecule has 0 saturated carbocycles. The molecule has 2 rings (SSSR count). The van der Waals surface area contributed by atoms with Gasteiger partial charge in [-0.2, -0.15) is 0 Å². The number of aryl methyl sites for hydroxylation is 1. The summed E-state index contributed by atoms with van der Waals surface area (Å²) in [5.41, 5.74) is 2.00. The van der Waals surface area contributed by atoms with Crippen molar-refractivity contribution in [2.45, 2.75) is 19.8 Å². The highest BCUT2D eigenvalue weighted by atomic mass is 16.2. The van der Waals surface area contributed by atoms with Crippen molar-refractivity contribution in [2.24, 2.45) is 0 Å².